The third-order valence-electron chi connectivity index (χ3n) is 5.25. The zero-order valence-corrected chi connectivity index (χ0v) is 14.3. The topological polar surface area (TPSA) is 61.4 Å². The molecule has 2 saturated heterocycles. The average molecular weight is 329 g/mol. The van der Waals surface area contributed by atoms with Crippen LogP contribution < -0.4 is 10.6 Å². The Morgan fingerprint density at radius 1 is 1.21 bits per heavy atom. The van der Waals surface area contributed by atoms with Gasteiger partial charge in [-0.3, -0.25) is 9.59 Å². The minimum absolute atomic E-state index is 0.00465. The molecule has 2 aliphatic heterocycles. The van der Waals surface area contributed by atoms with Crippen molar-refractivity contribution in [2.24, 2.45) is 11.8 Å². The van der Waals surface area contributed by atoms with Crippen LogP contribution in [0.15, 0.2) is 30.3 Å². The maximum Gasteiger partial charge on any atom is 0.245 e. The van der Waals surface area contributed by atoms with E-state index in [9.17, 15) is 9.59 Å². The SMILES string of the molecule is CC(C(=O)NC(Cc1ccccc1)C(=O)N1CCCC1)C1CNC1. The van der Waals surface area contributed by atoms with E-state index in [1.807, 2.05) is 42.2 Å². The molecule has 2 fully saturated rings. The Morgan fingerprint density at radius 2 is 1.88 bits per heavy atom. The second-order valence-electron chi connectivity index (χ2n) is 6.99. The second kappa shape index (κ2) is 7.79. The van der Waals surface area contributed by atoms with Crippen molar-refractivity contribution in [3.8, 4) is 0 Å². The monoisotopic (exact) mass is 329 g/mol. The number of amides is 2. The molecule has 5 nitrogen and oxygen atoms in total. The van der Waals surface area contributed by atoms with Gasteiger partial charge >= 0.3 is 0 Å². The number of benzene rings is 1. The van der Waals surface area contributed by atoms with Gasteiger partial charge in [-0.15, -0.1) is 0 Å². The van der Waals surface area contributed by atoms with E-state index in [0.717, 1.165) is 44.6 Å². The van der Waals surface area contributed by atoms with Gasteiger partial charge in [-0.05, 0) is 37.4 Å². The number of carbonyl (C=O) groups is 2. The number of carbonyl (C=O) groups excluding carboxylic acids is 2. The average Bonchev–Trinajstić information content (AvgIpc) is 3.07. The lowest BCUT2D eigenvalue weighted by Crippen LogP contribution is -2.54. The van der Waals surface area contributed by atoms with Crippen LogP contribution in [0.4, 0.5) is 0 Å². The van der Waals surface area contributed by atoms with Crippen molar-refractivity contribution in [2.75, 3.05) is 26.2 Å². The molecule has 24 heavy (non-hydrogen) atoms. The van der Waals surface area contributed by atoms with Gasteiger partial charge < -0.3 is 15.5 Å². The summed E-state index contributed by atoms with van der Waals surface area (Å²) in [6, 6.07) is 9.46. The number of hydrogen-bond donors (Lipinski definition) is 2. The van der Waals surface area contributed by atoms with E-state index in [2.05, 4.69) is 10.6 Å². The summed E-state index contributed by atoms with van der Waals surface area (Å²) in [5, 5.41) is 6.24. The van der Waals surface area contributed by atoms with E-state index in [1.165, 1.54) is 0 Å². The van der Waals surface area contributed by atoms with Crippen LogP contribution in [0.3, 0.4) is 0 Å². The van der Waals surface area contributed by atoms with Crippen LogP contribution in [0, 0.1) is 11.8 Å². The van der Waals surface area contributed by atoms with Gasteiger partial charge in [0, 0.05) is 25.4 Å². The van der Waals surface area contributed by atoms with Crippen molar-refractivity contribution in [1.82, 2.24) is 15.5 Å². The first kappa shape index (κ1) is 17.0. The highest BCUT2D eigenvalue weighted by Crippen LogP contribution is 2.17. The molecule has 1 aromatic carbocycles. The Kier molecular flexibility index (Phi) is 5.51. The molecule has 2 amide bonds. The number of rotatable bonds is 6. The molecule has 0 aromatic heterocycles. The first-order valence-corrected chi connectivity index (χ1v) is 8.99. The number of nitrogens with zero attached hydrogens (tertiary/aromatic N) is 1. The highest BCUT2D eigenvalue weighted by atomic mass is 16.2. The summed E-state index contributed by atoms with van der Waals surface area (Å²) in [6.45, 7) is 5.35. The number of hydrogen-bond acceptors (Lipinski definition) is 3. The van der Waals surface area contributed by atoms with Crippen molar-refractivity contribution >= 4 is 11.8 Å². The fourth-order valence-corrected chi connectivity index (χ4v) is 3.39. The summed E-state index contributed by atoms with van der Waals surface area (Å²) in [7, 11) is 0. The third kappa shape index (κ3) is 3.96. The Labute approximate surface area is 143 Å². The van der Waals surface area contributed by atoms with Crippen molar-refractivity contribution in [1.29, 1.82) is 0 Å². The maximum absolute atomic E-state index is 12.9. The molecule has 0 spiro atoms. The molecule has 1 aromatic rings. The van der Waals surface area contributed by atoms with Crippen LogP contribution in [-0.2, 0) is 16.0 Å². The van der Waals surface area contributed by atoms with E-state index < -0.39 is 6.04 Å². The molecular formula is C19H27N3O2. The van der Waals surface area contributed by atoms with Crippen molar-refractivity contribution in [2.45, 2.75) is 32.2 Å². The van der Waals surface area contributed by atoms with Gasteiger partial charge in [-0.25, -0.2) is 0 Å². The Morgan fingerprint density at radius 3 is 2.46 bits per heavy atom. The molecule has 2 unspecified atom stereocenters. The normalized spacial score (nSPS) is 20.3. The van der Waals surface area contributed by atoms with Gasteiger partial charge in [-0.2, -0.15) is 0 Å². The van der Waals surface area contributed by atoms with Gasteiger partial charge in [0.1, 0.15) is 6.04 Å². The molecule has 0 bridgehead atoms. The lowest BCUT2D eigenvalue weighted by molar-refractivity contribution is -0.137. The molecule has 0 aliphatic carbocycles. The van der Waals surface area contributed by atoms with E-state index in [0.29, 0.717) is 12.3 Å². The molecule has 2 heterocycles. The zero-order valence-electron chi connectivity index (χ0n) is 14.3. The fourth-order valence-electron chi connectivity index (χ4n) is 3.39. The highest BCUT2D eigenvalue weighted by Gasteiger charge is 2.33. The van der Waals surface area contributed by atoms with E-state index in [1.54, 1.807) is 0 Å². The quantitative estimate of drug-likeness (QED) is 0.824. The summed E-state index contributed by atoms with van der Waals surface area (Å²) in [6.07, 6.45) is 2.67. The maximum atomic E-state index is 12.9. The minimum Gasteiger partial charge on any atom is -0.344 e. The lowest BCUT2D eigenvalue weighted by Gasteiger charge is -2.33. The highest BCUT2D eigenvalue weighted by molar-refractivity contribution is 5.89. The van der Waals surface area contributed by atoms with Crippen LogP contribution >= 0.6 is 0 Å². The van der Waals surface area contributed by atoms with Gasteiger partial charge in [-0.1, -0.05) is 37.3 Å². The molecule has 130 valence electrons. The zero-order chi connectivity index (χ0) is 16.9. The van der Waals surface area contributed by atoms with Crippen LogP contribution in [-0.4, -0.2) is 48.9 Å². The van der Waals surface area contributed by atoms with Crippen molar-refractivity contribution in [3.63, 3.8) is 0 Å². The molecule has 3 rings (SSSR count). The number of likely N-dealkylation sites (tertiary alicyclic amines) is 1. The first-order valence-electron chi connectivity index (χ1n) is 8.99. The smallest absolute Gasteiger partial charge is 0.245 e. The largest absolute Gasteiger partial charge is 0.344 e. The van der Waals surface area contributed by atoms with Gasteiger partial charge in [0.05, 0.1) is 0 Å². The van der Waals surface area contributed by atoms with Gasteiger partial charge in [0.25, 0.3) is 0 Å². The standard InChI is InChI=1S/C19H27N3O2/c1-14(16-12-20-13-16)18(23)21-17(11-15-7-3-2-4-8-15)19(24)22-9-5-6-10-22/h2-4,7-8,14,16-17,20H,5-6,9-13H2,1H3,(H,21,23). The summed E-state index contributed by atoms with van der Waals surface area (Å²) in [4.78, 5) is 27.3. The van der Waals surface area contributed by atoms with Gasteiger partial charge in [0.2, 0.25) is 11.8 Å². The molecule has 0 saturated carbocycles. The van der Waals surface area contributed by atoms with Crippen LogP contribution in [0.1, 0.15) is 25.3 Å². The lowest BCUT2D eigenvalue weighted by atomic mass is 9.88. The molecule has 2 aliphatic rings. The number of nitrogens with one attached hydrogen (secondary N) is 2. The van der Waals surface area contributed by atoms with Crippen LogP contribution in [0.5, 0.6) is 0 Å². The first-order chi connectivity index (χ1) is 11.6. The molecule has 5 heteroatoms. The second-order valence-corrected chi connectivity index (χ2v) is 6.99. The van der Waals surface area contributed by atoms with Crippen LogP contribution in [0.25, 0.3) is 0 Å². The predicted octanol–water partition coefficient (Wildman–Crippen LogP) is 1.19. The van der Waals surface area contributed by atoms with E-state index in [4.69, 9.17) is 0 Å². The Hall–Kier alpha value is -1.88. The van der Waals surface area contributed by atoms with E-state index >= 15 is 0 Å². The van der Waals surface area contributed by atoms with Gasteiger partial charge in [0.15, 0.2) is 0 Å². The molecule has 2 N–H and O–H groups in total. The summed E-state index contributed by atoms with van der Waals surface area (Å²) in [5.74, 6) is 0.374. The Bertz CT molecular complexity index is 565. The fraction of sp³-hybridized carbons (Fsp3) is 0.579. The molecule has 0 radical (unpaired) electrons. The summed E-state index contributed by atoms with van der Waals surface area (Å²) < 4.78 is 0. The summed E-state index contributed by atoms with van der Waals surface area (Å²) in [5.41, 5.74) is 1.08. The predicted molar refractivity (Wildman–Crippen MR) is 93.4 cm³/mol. The van der Waals surface area contributed by atoms with E-state index in [-0.39, 0.29) is 17.7 Å². The third-order valence-corrected chi connectivity index (χ3v) is 5.25. The van der Waals surface area contributed by atoms with Crippen LogP contribution in [0.2, 0.25) is 0 Å². The minimum atomic E-state index is -0.464. The van der Waals surface area contributed by atoms with Crippen molar-refractivity contribution in [3.05, 3.63) is 35.9 Å². The van der Waals surface area contributed by atoms with Crippen molar-refractivity contribution < 1.29 is 9.59 Å². The summed E-state index contributed by atoms with van der Waals surface area (Å²) >= 11 is 0. The molecular weight excluding hydrogens is 302 g/mol. The Balaban J connectivity index is 1.68. The molecule has 2 atom stereocenters.